The van der Waals surface area contributed by atoms with Crippen LogP contribution >= 0.6 is 0 Å². The zero-order chi connectivity index (χ0) is 38.1. The van der Waals surface area contributed by atoms with E-state index in [0.717, 1.165) is 34.4 Å². The van der Waals surface area contributed by atoms with Crippen molar-refractivity contribution in [1.82, 2.24) is 0 Å². The number of rotatable bonds is 18. The molecular formula is C43H46O10. The number of hydrogen-bond acceptors (Lipinski definition) is 10. The van der Waals surface area contributed by atoms with Crippen LogP contribution in [-0.2, 0) is 24.5 Å². The Labute approximate surface area is 310 Å². The second kappa shape index (κ2) is 17.5. The van der Waals surface area contributed by atoms with Gasteiger partial charge in [0.15, 0.2) is 23.0 Å². The lowest BCUT2D eigenvalue weighted by atomic mass is 9.66. The zero-order valence-corrected chi connectivity index (χ0v) is 30.6. The van der Waals surface area contributed by atoms with Crippen LogP contribution in [0.3, 0.4) is 0 Å². The van der Waals surface area contributed by atoms with Crippen LogP contribution in [0.5, 0.6) is 23.0 Å². The molecule has 2 atom stereocenters. The Kier molecular flexibility index (Phi) is 12.9. The summed E-state index contributed by atoms with van der Waals surface area (Å²) >= 11 is 0. The lowest BCUT2D eigenvalue weighted by Crippen LogP contribution is -2.31. The van der Waals surface area contributed by atoms with Crippen LogP contribution < -0.4 is 18.9 Å². The molecule has 0 saturated carbocycles. The van der Waals surface area contributed by atoms with Crippen molar-refractivity contribution in [3.63, 3.8) is 0 Å². The van der Waals surface area contributed by atoms with Gasteiger partial charge >= 0.3 is 11.9 Å². The van der Waals surface area contributed by atoms with Crippen molar-refractivity contribution in [3.05, 3.63) is 131 Å². The standard InChI is InChI=1S/C43H46O10/c1-7-37(46)52-39-27(3)17-19-35(41(39)50-23-21-48-25-29(5)44)43(33-15-11-9-13-31(33)32-14-10-12-16-34(32)43)36-20-18-28(4)40(53-38(47)8-2)42(36)51-24-22-49-26-30(6)45/h7-20,29-30,44-45H,1-2,21-26H2,3-6H3. The van der Waals surface area contributed by atoms with Crippen molar-refractivity contribution in [2.45, 2.75) is 45.3 Å². The minimum Gasteiger partial charge on any atom is -0.487 e. The van der Waals surface area contributed by atoms with Crippen LogP contribution in [0, 0.1) is 13.8 Å². The Hall–Kier alpha value is -5.26. The second-order valence-electron chi connectivity index (χ2n) is 12.8. The molecule has 2 unspecified atom stereocenters. The molecule has 4 aromatic rings. The highest BCUT2D eigenvalue weighted by molar-refractivity contribution is 5.90. The van der Waals surface area contributed by atoms with E-state index in [9.17, 15) is 19.8 Å². The van der Waals surface area contributed by atoms with Gasteiger partial charge in [-0.1, -0.05) is 86.0 Å². The van der Waals surface area contributed by atoms with Crippen molar-refractivity contribution >= 4 is 11.9 Å². The Morgan fingerprint density at radius 3 is 1.38 bits per heavy atom. The summed E-state index contributed by atoms with van der Waals surface area (Å²) in [5.41, 5.74) is 4.95. The molecular weight excluding hydrogens is 676 g/mol. The molecule has 0 fully saturated rings. The van der Waals surface area contributed by atoms with Gasteiger partial charge in [0.25, 0.3) is 0 Å². The molecule has 10 nitrogen and oxygen atoms in total. The molecule has 53 heavy (non-hydrogen) atoms. The Balaban J connectivity index is 1.86. The number of benzene rings is 4. The zero-order valence-electron chi connectivity index (χ0n) is 30.6. The number of hydrogen-bond donors (Lipinski definition) is 2. The smallest absolute Gasteiger partial charge is 0.335 e. The fraction of sp³-hybridized carbons (Fsp3) is 0.302. The van der Waals surface area contributed by atoms with E-state index in [1.165, 1.54) is 0 Å². The summed E-state index contributed by atoms with van der Waals surface area (Å²) in [6, 6.07) is 23.6. The first-order valence-electron chi connectivity index (χ1n) is 17.5. The first-order valence-corrected chi connectivity index (χ1v) is 17.5. The SMILES string of the molecule is C=CC(=O)Oc1c(C)ccc(C2(c3ccc(C)c(OC(=O)C=C)c3OCCOCC(C)O)c3ccccc3-c3ccccc32)c1OCCOCC(C)O. The van der Waals surface area contributed by atoms with Gasteiger partial charge in [-0.05, 0) is 61.1 Å². The van der Waals surface area contributed by atoms with E-state index in [-0.39, 0.29) is 62.6 Å². The molecule has 1 aliphatic carbocycles. The summed E-state index contributed by atoms with van der Waals surface area (Å²) in [5.74, 6) is -0.381. The lowest BCUT2D eigenvalue weighted by Gasteiger charge is -2.37. The third-order valence-electron chi connectivity index (χ3n) is 8.78. The number of carbonyl (C=O) groups excluding carboxylic acids is 2. The molecule has 0 bridgehead atoms. The van der Waals surface area contributed by atoms with Gasteiger partial charge in [-0.3, -0.25) is 0 Å². The predicted octanol–water partition coefficient (Wildman–Crippen LogP) is 6.40. The number of fused-ring (bicyclic) bond motifs is 3. The maximum atomic E-state index is 12.8. The normalized spacial score (nSPS) is 13.6. The molecule has 0 aliphatic heterocycles. The van der Waals surface area contributed by atoms with Gasteiger partial charge in [0.05, 0.1) is 44.1 Å². The van der Waals surface area contributed by atoms with Crippen LogP contribution in [0.15, 0.2) is 98.1 Å². The molecule has 5 rings (SSSR count). The maximum Gasteiger partial charge on any atom is 0.335 e. The average Bonchev–Trinajstić information content (AvgIpc) is 3.44. The summed E-state index contributed by atoms with van der Waals surface area (Å²) in [5, 5.41) is 19.5. The second-order valence-corrected chi connectivity index (χ2v) is 12.8. The van der Waals surface area contributed by atoms with Crippen molar-refractivity contribution in [3.8, 4) is 34.1 Å². The molecule has 0 heterocycles. The van der Waals surface area contributed by atoms with E-state index in [0.29, 0.717) is 22.3 Å². The molecule has 2 N–H and O–H groups in total. The van der Waals surface area contributed by atoms with Crippen molar-refractivity contribution in [2.24, 2.45) is 0 Å². The van der Waals surface area contributed by atoms with E-state index in [2.05, 4.69) is 13.2 Å². The largest absolute Gasteiger partial charge is 0.487 e. The number of aryl methyl sites for hydroxylation is 2. The summed E-state index contributed by atoms with van der Waals surface area (Å²) in [6.07, 6.45) is 0.850. The minimum atomic E-state index is -1.20. The highest BCUT2D eigenvalue weighted by atomic mass is 16.6. The fourth-order valence-electron chi connectivity index (χ4n) is 6.61. The van der Waals surface area contributed by atoms with E-state index < -0.39 is 29.6 Å². The lowest BCUT2D eigenvalue weighted by molar-refractivity contribution is -0.130. The van der Waals surface area contributed by atoms with E-state index in [4.69, 9.17) is 28.4 Å². The maximum absolute atomic E-state index is 12.8. The molecule has 0 saturated heterocycles. The Bertz CT molecular complexity index is 1820. The van der Waals surface area contributed by atoms with Crippen molar-refractivity contribution in [2.75, 3.05) is 39.6 Å². The molecule has 10 heteroatoms. The predicted molar refractivity (Wildman–Crippen MR) is 201 cm³/mol. The molecule has 1 aliphatic rings. The average molecular weight is 723 g/mol. The highest BCUT2D eigenvalue weighted by Crippen LogP contribution is 2.61. The Morgan fingerprint density at radius 1 is 0.604 bits per heavy atom. The summed E-state index contributed by atoms with van der Waals surface area (Å²) in [6.45, 7) is 14.7. The van der Waals surface area contributed by atoms with Gasteiger partial charge in [0, 0.05) is 23.3 Å². The third-order valence-corrected chi connectivity index (χ3v) is 8.78. The van der Waals surface area contributed by atoms with Gasteiger partial charge in [0.1, 0.15) is 13.2 Å². The van der Waals surface area contributed by atoms with E-state index in [1.54, 1.807) is 13.8 Å². The minimum absolute atomic E-state index is 0.0568. The topological polar surface area (TPSA) is 130 Å². The third kappa shape index (κ3) is 8.21. The van der Waals surface area contributed by atoms with Gasteiger partial charge in [-0.15, -0.1) is 0 Å². The van der Waals surface area contributed by atoms with Gasteiger partial charge < -0.3 is 38.6 Å². The fourth-order valence-corrected chi connectivity index (χ4v) is 6.61. The van der Waals surface area contributed by atoms with Crippen LogP contribution in [0.25, 0.3) is 11.1 Å². The van der Waals surface area contributed by atoms with E-state index in [1.807, 2.05) is 86.6 Å². The Morgan fingerprint density at radius 2 is 1.00 bits per heavy atom. The molecule has 278 valence electrons. The summed E-state index contributed by atoms with van der Waals surface area (Å²) in [4.78, 5) is 25.7. The monoisotopic (exact) mass is 722 g/mol. The molecule has 0 radical (unpaired) electrons. The van der Waals surface area contributed by atoms with Crippen LogP contribution in [-0.4, -0.2) is 74.0 Å². The van der Waals surface area contributed by atoms with Crippen LogP contribution in [0.4, 0.5) is 0 Å². The number of ether oxygens (including phenoxy) is 6. The number of aliphatic hydroxyl groups is 2. The van der Waals surface area contributed by atoms with Crippen LogP contribution in [0.2, 0.25) is 0 Å². The van der Waals surface area contributed by atoms with Gasteiger partial charge in [0.2, 0.25) is 0 Å². The first-order chi connectivity index (χ1) is 25.5. The van der Waals surface area contributed by atoms with Crippen LogP contribution in [0.1, 0.15) is 47.2 Å². The number of esters is 2. The number of carbonyl (C=O) groups is 2. The van der Waals surface area contributed by atoms with Gasteiger partial charge in [-0.25, -0.2) is 9.59 Å². The quantitative estimate of drug-likeness (QED) is 0.0454. The molecule has 0 amide bonds. The highest BCUT2D eigenvalue weighted by Gasteiger charge is 2.50. The molecule has 0 spiro atoms. The van der Waals surface area contributed by atoms with E-state index >= 15 is 0 Å². The van der Waals surface area contributed by atoms with Crippen molar-refractivity contribution in [1.29, 1.82) is 0 Å². The molecule has 4 aromatic carbocycles. The summed E-state index contributed by atoms with van der Waals surface area (Å²) < 4.78 is 36.3. The number of aliphatic hydroxyl groups excluding tert-OH is 2. The first kappa shape index (κ1) is 39.0. The van der Waals surface area contributed by atoms with Crippen molar-refractivity contribution < 1.29 is 48.2 Å². The van der Waals surface area contributed by atoms with Gasteiger partial charge in [-0.2, -0.15) is 0 Å². The molecule has 0 aromatic heterocycles. The summed E-state index contributed by atoms with van der Waals surface area (Å²) in [7, 11) is 0.